The van der Waals surface area contributed by atoms with Gasteiger partial charge in [-0.15, -0.1) is 0 Å². The lowest BCUT2D eigenvalue weighted by Gasteiger charge is -2.26. The summed E-state index contributed by atoms with van der Waals surface area (Å²) >= 11 is 0. The van der Waals surface area contributed by atoms with Gasteiger partial charge in [-0.2, -0.15) is 0 Å². The first-order chi connectivity index (χ1) is 6.74. The molecule has 3 N–H and O–H groups in total. The molecule has 0 bridgehead atoms. The molecule has 14 heavy (non-hydrogen) atoms. The van der Waals surface area contributed by atoms with Crippen molar-refractivity contribution in [2.45, 2.75) is 32.7 Å². The minimum Gasteiger partial charge on any atom is -0.395 e. The van der Waals surface area contributed by atoms with Gasteiger partial charge < -0.3 is 15.7 Å². The van der Waals surface area contributed by atoms with E-state index in [0.29, 0.717) is 5.92 Å². The van der Waals surface area contributed by atoms with Crippen molar-refractivity contribution in [1.29, 1.82) is 0 Å². The van der Waals surface area contributed by atoms with E-state index in [2.05, 4.69) is 24.5 Å². The molecule has 1 atom stereocenters. The van der Waals surface area contributed by atoms with Crippen molar-refractivity contribution < 1.29 is 5.11 Å². The highest BCUT2D eigenvalue weighted by molar-refractivity contribution is 4.75. The summed E-state index contributed by atoms with van der Waals surface area (Å²) in [6, 6.07) is 0.268. The van der Waals surface area contributed by atoms with Gasteiger partial charge in [0.25, 0.3) is 0 Å². The van der Waals surface area contributed by atoms with Crippen LogP contribution in [-0.2, 0) is 0 Å². The number of nitrogens with one attached hydrogen (secondary N) is 2. The Labute approximate surface area is 87.3 Å². The molecule has 1 aliphatic rings. The topological polar surface area (TPSA) is 44.3 Å². The van der Waals surface area contributed by atoms with Gasteiger partial charge in [-0.05, 0) is 44.3 Å². The summed E-state index contributed by atoms with van der Waals surface area (Å²) < 4.78 is 0. The Kier molecular flexibility index (Phi) is 5.45. The van der Waals surface area contributed by atoms with Crippen molar-refractivity contribution in [3.8, 4) is 0 Å². The fourth-order valence-electron chi connectivity index (χ4n) is 1.91. The smallest absolute Gasteiger partial charge is 0.0587 e. The van der Waals surface area contributed by atoms with E-state index in [4.69, 9.17) is 5.11 Å². The van der Waals surface area contributed by atoms with Crippen LogP contribution in [0, 0.1) is 11.8 Å². The number of piperidine rings is 1. The molecule has 1 heterocycles. The molecule has 0 aliphatic carbocycles. The lowest BCUT2D eigenvalue weighted by atomic mass is 9.97. The van der Waals surface area contributed by atoms with Crippen LogP contribution >= 0.6 is 0 Å². The number of rotatable bonds is 5. The van der Waals surface area contributed by atoms with Crippen molar-refractivity contribution in [2.75, 3.05) is 26.2 Å². The summed E-state index contributed by atoms with van der Waals surface area (Å²) in [7, 11) is 0. The molecule has 3 heteroatoms. The molecular weight excluding hydrogens is 176 g/mol. The fraction of sp³-hybridized carbons (Fsp3) is 1.00. The standard InChI is InChI=1S/C11H24N2O/c1-9(2)11(8-14)13-7-10-3-5-12-6-4-10/h9-14H,3-8H2,1-2H3/t11-/m1/s1. The summed E-state index contributed by atoms with van der Waals surface area (Å²) in [4.78, 5) is 0. The average Bonchev–Trinajstić information content (AvgIpc) is 2.20. The van der Waals surface area contributed by atoms with Crippen molar-refractivity contribution >= 4 is 0 Å². The van der Waals surface area contributed by atoms with Crippen molar-refractivity contribution in [1.82, 2.24) is 10.6 Å². The van der Waals surface area contributed by atoms with Gasteiger partial charge in [-0.1, -0.05) is 13.8 Å². The van der Waals surface area contributed by atoms with Crippen LogP contribution in [0.2, 0.25) is 0 Å². The van der Waals surface area contributed by atoms with E-state index in [9.17, 15) is 0 Å². The molecule has 1 saturated heterocycles. The Morgan fingerprint density at radius 2 is 2.00 bits per heavy atom. The highest BCUT2D eigenvalue weighted by Gasteiger charge is 2.16. The fourth-order valence-corrected chi connectivity index (χ4v) is 1.91. The minimum absolute atomic E-state index is 0.253. The molecule has 1 fully saturated rings. The number of aliphatic hydroxyl groups excluding tert-OH is 1. The second-order valence-corrected chi connectivity index (χ2v) is 4.63. The third kappa shape index (κ3) is 3.95. The van der Waals surface area contributed by atoms with Gasteiger partial charge in [0.15, 0.2) is 0 Å². The predicted molar refractivity (Wildman–Crippen MR) is 59.3 cm³/mol. The third-order valence-corrected chi connectivity index (χ3v) is 3.13. The minimum atomic E-state index is 0.253. The maximum absolute atomic E-state index is 9.15. The normalized spacial score (nSPS) is 21.4. The molecule has 0 spiro atoms. The highest BCUT2D eigenvalue weighted by Crippen LogP contribution is 2.11. The molecule has 1 rings (SSSR count). The van der Waals surface area contributed by atoms with Crippen molar-refractivity contribution in [2.24, 2.45) is 11.8 Å². The molecule has 0 saturated carbocycles. The van der Waals surface area contributed by atoms with Crippen LogP contribution in [0.25, 0.3) is 0 Å². The molecule has 3 nitrogen and oxygen atoms in total. The quantitative estimate of drug-likeness (QED) is 0.609. The first kappa shape index (κ1) is 12.0. The zero-order valence-corrected chi connectivity index (χ0v) is 9.42. The summed E-state index contributed by atoms with van der Waals surface area (Å²) in [5.74, 6) is 1.31. The summed E-state index contributed by atoms with van der Waals surface area (Å²) in [6.07, 6.45) is 2.53. The summed E-state index contributed by atoms with van der Waals surface area (Å²) in [5.41, 5.74) is 0. The van der Waals surface area contributed by atoms with Gasteiger partial charge >= 0.3 is 0 Å². The molecule has 0 unspecified atom stereocenters. The molecule has 84 valence electrons. The molecule has 0 aromatic rings. The molecule has 1 aliphatic heterocycles. The number of aliphatic hydroxyl groups is 1. The SMILES string of the molecule is CC(C)[C@@H](CO)NCC1CCNCC1. The van der Waals surface area contributed by atoms with Gasteiger partial charge in [0.2, 0.25) is 0 Å². The highest BCUT2D eigenvalue weighted by atomic mass is 16.3. The molecule has 0 aromatic carbocycles. The number of hydrogen-bond donors (Lipinski definition) is 3. The molecular formula is C11H24N2O. The monoisotopic (exact) mass is 200 g/mol. The Bertz CT molecular complexity index is 144. The van der Waals surface area contributed by atoms with Crippen molar-refractivity contribution in [3.63, 3.8) is 0 Å². The van der Waals surface area contributed by atoms with Crippen molar-refractivity contribution in [3.05, 3.63) is 0 Å². The third-order valence-electron chi connectivity index (χ3n) is 3.13. The number of hydrogen-bond acceptors (Lipinski definition) is 3. The van der Waals surface area contributed by atoms with Crippen LogP contribution in [0.4, 0.5) is 0 Å². The van der Waals surface area contributed by atoms with E-state index in [1.54, 1.807) is 0 Å². The van der Waals surface area contributed by atoms with Crippen LogP contribution in [0.5, 0.6) is 0 Å². The zero-order valence-electron chi connectivity index (χ0n) is 9.42. The van der Waals surface area contributed by atoms with E-state index in [1.165, 1.54) is 12.8 Å². The van der Waals surface area contributed by atoms with Crippen LogP contribution in [0.3, 0.4) is 0 Å². The molecule has 0 radical (unpaired) electrons. The summed E-state index contributed by atoms with van der Waals surface area (Å²) in [5, 5.41) is 16.0. The predicted octanol–water partition coefficient (Wildman–Crippen LogP) is 0.592. The Balaban J connectivity index is 2.16. The summed E-state index contributed by atoms with van der Waals surface area (Å²) in [6.45, 7) is 7.91. The Morgan fingerprint density at radius 3 is 2.50 bits per heavy atom. The van der Waals surface area contributed by atoms with Crippen LogP contribution < -0.4 is 10.6 Å². The van der Waals surface area contributed by atoms with E-state index in [-0.39, 0.29) is 12.6 Å². The first-order valence-corrected chi connectivity index (χ1v) is 5.79. The second kappa shape index (κ2) is 6.38. The maximum atomic E-state index is 9.15. The van der Waals surface area contributed by atoms with Gasteiger partial charge in [0.1, 0.15) is 0 Å². The Hall–Kier alpha value is -0.120. The zero-order chi connectivity index (χ0) is 10.4. The molecule has 0 aromatic heterocycles. The second-order valence-electron chi connectivity index (χ2n) is 4.63. The molecule has 0 amide bonds. The lowest BCUT2D eigenvalue weighted by molar-refractivity contribution is 0.201. The van der Waals surface area contributed by atoms with E-state index < -0.39 is 0 Å². The first-order valence-electron chi connectivity index (χ1n) is 5.79. The Morgan fingerprint density at radius 1 is 1.36 bits per heavy atom. The average molecular weight is 200 g/mol. The van der Waals surface area contributed by atoms with E-state index in [0.717, 1.165) is 25.6 Å². The van der Waals surface area contributed by atoms with Crippen LogP contribution in [0.15, 0.2) is 0 Å². The largest absolute Gasteiger partial charge is 0.395 e. The van der Waals surface area contributed by atoms with Crippen LogP contribution in [-0.4, -0.2) is 37.4 Å². The van der Waals surface area contributed by atoms with Gasteiger partial charge in [0, 0.05) is 6.04 Å². The van der Waals surface area contributed by atoms with Gasteiger partial charge in [-0.25, -0.2) is 0 Å². The lowest BCUT2D eigenvalue weighted by Crippen LogP contribution is -2.42. The van der Waals surface area contributed by atoms with E-state index in [1.807, 2.05) is 0 Å². The van der Waals surface area contributed by atoms with Crippen LogP contribution in [0.1, 0.15) is 26.7 Å². The van der Waals surface area contributed by atoms with Gasteiger partial charge in [0.05, 0.1) is 6.61 Å². The maximum Gasteiger partial charge on any atom is 0.0587 e. The van der Waals surface area contributed by atoms with Gasteiger partial charge in [-0.3, -0.25) is 0 Å². The van der Waals surface area contributed by atoms with E-state index >= 15 is 0 Å².